The van der Waals surface area contributed by atoms with Crippen LogP contribution in [0.3, 0.4) is 0 Å². The molecule has 2 rings (SSSR count). The summed E-state index contributed by atoms with van der Waals surface area (Å²) in [4.78, 5) is 12.3. The van der Waals surface area contributed by atoms with Crippen LogP contribution < -0.4 is 10.1 Å². The molecule has 0 aliphatic carbocycles. The lowest BCUT2D eigenvalue weighted by Gasteiger charge is -2.19. The number of hydrogen-bond donors (Lipinski definition) is 1. The van der Waals surface area contributed by atoms with Gasteiger partial charge in [0, 0.05) is 6.42 Å². The summed E-state index contributed by atoms with van der Waals surface area (Å²) in [6.07, 6.45) is 2.12. The van der Waals surface area contributed by atoms with Crippen LogP contribution in [-0.4, -0.2) is 13.0 Å². The smallest absolute Gasteiger partial charge is 0.220 e. The van der Waals surface area contributed by atoms with E-state index < -0.39 is 0 Å². The number of rotatable bonds is 7. The number of carbonyl (C=O) groups excluding carboxylic acids is 1. The van der Waals surface area contributed by atoms with Crippen LogP contribution in [-0.2, 0) is 11.2 Å². The zero-order valence-corrected chi connectivity index (χ0v) is 14.1. The van der Waals surface area contributed by atoms with Crippen LogP contribution in [0.1, 0.15) is 42.5 Å². The molecule has 2 aromatic carbocycles. The molecule has 122 valence electrons. The van der Waals surface area contributed by atoms with E-state index in [0.29, 0.717) is 6.42 Å². The van der Waals surface area contributed by atoms with E-state index in [1.54, 1.807) is 7.11 Å². The fraction of sp³-hybridized carbons (Fsp3) is 0.350. The number of hydrogen-bond acceptors (Lipinski definition) is 2. The molecule has 0 spiro atoms. The maximum Gasteiger partial charge on any atom is 0.220 e. The second-order valence-electron chi connectivity index (χ2n) is 5.73. The molecule has 0 aliphatic heterocycles. The number of aryl methyl sites for hydroxylation is 2. The number of ether oxygens (including phenoxy) is 1. The zero-order chi connectivity index (χ0) is 16.7. The van der Waals surface area contributed by atoms with E-state index >= 15 is 0 Å². The first-order chi connectivity index (χ1) is 11.1. The van der Waals surface area contributed by atoms with E-state index in [9.17, 15) is 4.79 Å². The maximum atomic E-state index is 12.3. The van der Waals surface area contributed by atoms with Crippen molar-refractivity contribution in [2.45, 2.75) is 39.2 Å². The Bertz CT molecular complexity index is 634. The van der Waals surface area contributed by atoms with Crippen molar-refractivity contribution < 1.29 is 9.53 Å². The average molecular weight is 311 g/mol. The van der Waals surface area contributed by atoms with Gasteiger partial charge in [0.1, 0.15) is 5.75 Å². The van der Waals surface area contributed by atoms with Gasteiger partial charge in [-0.2, -0.15) is 0 Å². The van der Waals surface area contributed by atoms with Crippen molar-refractivity contribution in [3.8, 4) is 5.75 Å². The summed E-state index contributed by atoms with van der Waals surface area (Å²) in [7, 11) is 1.65. The molecular formula is C20H25NO2. The summed E-state index contributed by atoms with van der Waals surface area (Å²) in [5, 5.41) is 3.15. The van der Waals surface area contributed by atoms with Crippen LogP contribution in [0.2, 0.25) is 0 Å². The number of nitrogens with one attached hydrogen (secondary N) is 1. The highest BCUT2D eigenvalue weighted by Crippen LogP contribution is 2.20. The molecule has 3 nitrogen and oxygen atoms in total. The molecular weight excluding hydrogens is 286 g/mol. The van der Waals surface area contributed by atoms with Crippen molar-refractivity contribution in [2.75, 3.05) is 7.11 Å². The first-order valence-corrected chi connectivity index (χ1v) is 8.12. The Kier molecular flexibility index (Phi) is 6.21. The van der Waals surface area contributed by atoms with Crippen molar-refractivity contribution in [1.29, 1.82) is 0 Å². The van der Waals surface area contributed by atoms with Crippen LogP contribution >= 0.6 is 0 Å². The molecule has 0 bridgehead atoms. The Morgan fingerprint density at radius 3 is 2.43 bits per heavy atom. The zero-order valence-electron chi connectivity index (χ0n) is 14.1. The molecule has 0 unspecified atom stereocenters. The van der Waals surface area contributed by atoms with Gasteiger partial charge in [-0.05, 0) is 48.6 Å². The molecule has 0 saturated carbocycles. The van der Waals surface area contributed by atoms with Gasteiger partial charge in [-0.1, -0.05) is 43.3 Å². The van der Waals surface area contributed by atoms with Crippen molar-refractivity contribution in [3.63, 3.8) is 0 Å². The van der Waals surface area contributed by atoms with E-state index in [0.717, 1.165) is 24.2 Å². The standard InChI is InChI=1S/C20H25NO2/c1-4-19(18-8-6-5-7-15(18)2)21-20(22)14-11-16-9-12-17(23-3)13-10-16/h5-10,12-13,19H,4,11,14H2,1-3H3,(H,21,22)/t19-/m0/s1. The summed E-state index contributed by atoms with van der Waals surface area (Å²) < 4.78 is 5.14. The maximum absolute atomic E-state index is 12.3. The number of amides is 1. The van der Waals surface area contributed by atoms with Crippen molar-refractivity contribution >= 4 is 5.91 Å². The van der Waals surface area contributed by atoms with Gasteiger partial charge in [0.05, 0.1) is 13.2 Å². The largest absolute Gasteiger partial charge is 0.497 e. The van der Waals surface area contributed by atoms with Crippen LogP contribution in [0, 0.1) is 6.92 Å². The average Bonchev–Trinajstić information content (AvgIpc) is 2.59. The van der Waals surface area contributed by atoms with Crippen LogP contribution in [0.15, 0.2) is 48.5 Å². The van der Waals surface area contributed by atoms with Gasteiger partial charge in [-0.15, -0.1) is 0 Å². The van der Waals surface area contributed by atoms with Crippen LogP contribution in [0.5, 0.6) is 5.75 Å². The Morgan fingerprint density at radius 1 is 1.13 bits per heavy atom. The first-order valence-electron chi connectivity index (χ1n) is 8.12. The molecule has 1 amide bonds. The minimum Gasteiger partial charge on any atom is -0.497 e. The quantitative estimate of drug-likeness (QED) is 0.832. The number of benzene rings is 2. The Balaban J connectivity index is 1.91. The van der Waals surface area contributed by atoms with E-state index in [4.69, 9.17) is 4.74 Å². The minimum atomic E-state index is 0.0829. The molecule has 0 aromatic heterocycles. The van der Waals surface area contributed by atoms with Gasteiger partial charge in [0.15, 0.2) is 0 Å². The van der Waals surface area contributed by atoms with Gasteiger partial charge in [0.25, 0.3) is 0 Å². The molecule has 0 aliphatic rings. The number of carbonyl (C=O) groups is 1. The van der Waals surface area contributed by atoms with E-state index in [-0.39, 0.29) is 11.9 Å². The second-order valence-corrected chi connectivity index (χ2v) is 5.73. The van der Waals surface area contributed by atoms with Crippen LogP contribution in [0.4, 0.5) is 0 Å². The summed E-state index contributed by atoms with van der Waals surface area (Å²) in [5.41, 5.74) is 3.56. The molecule has 0 fully saturated rings. The molecule has 3 heteroatoms. The molecule has 0 saturated heterocycles. The number of methoxy groups -OCH3 is 1. The van der Waals surface area contributed by atoms with E-state index in [1.807, 2.05) is 36.4 Å². The predicted molar refractivity (Wildman–Crippen MR) is 93.7 cm³/mol. The van der Waals surface area contributed by atoms with E-state index in [1.165, 1.54) is 11.1 Å². The van der Waals surface area contributed by atoms with Crippen molar-refractivity contribution in [1.82, 2.24) is 5.32 Å². The summed E-state index contributed by atoms with van der Waals surface area (Å²) >= 11 is 0. The SMILES string of the molecule is CC[C@H](NC(=O)CCc1ccc(OC)cc1)c1ccccc1C. The van der Waals surface area contributed by atoms with E-state index in [2.05, 4.69) is 31.3 Å². The molecule has 23 heavy (non-hydrogen) atoms. The second kappa shape index (κ2) is 8.37. The third-order valence-electron chi connectivity index (χ3n) is 4.11. The normalized spacial score (nSPS) is 11.8. The van der Waals surface area contributed by atoms with Gasteiger partial charge in [-0.25, -0.2) is 0 Å². The lowest BCUT2D eigenvalue weighted by atomic mass is 9.99. The lowest BCUT2D eigenvalue weighted by Crippen LogP contribution is -2.28. The molecule has 1 N–H and O–H groups in total. The van der Waals surface area contributed by atoms with Gasteiger partial charge < -0.3 is 10.1 Å². The molecule has 1 atom stereocenters. The molecule has 0 heterocycles. The molecule has 0 radical (unpaired) electrons. The summed E-state index contributed by atoms with van der Waals surface area (Å²) in [5.74, 6) is 0.930. The topological polar surface area (TPSA) is 38.3 Å². The summed E-state index contributed by atoms with van der Waals surface area (Å²) in [6, 6.07) is 16.2. The highest BCUT2D eigenvalue weighted by atomic mass is 16.5. The van der Waals surface area contributed by atoms with Gasteiger partial charge in [0.2, 0.25) is 5.91 Å². The predicted octanol–water partition coefficient (Wildman–Crippen LogP) is 4.20. The highest BCUT2D eigenvalue weighted by molar-refractivity contribution is 5.76. The highest BCUT2D eigenvalue weighted by Gasteiger charge is 2.14. The van der Waals surface area contributed by atoms with Crippen molar-refractivity contribution in [3.05, 3.63) is 65.2 Å². The minimum absolute atomic E-state index is 0.0829. The fourth-order valence-corrected chi connectivity index (χ4v) is 2.69. The Hall–Kier alpha value is -2.29. The summed E-state index contributed by atoms with van der Waals surface area (Å²) in [6.45, 7) is 4.18. The Labute approximate surface area is 138 Å². The van der Waals surface area contributed by atoms with Crippen LogP contribution in [0.25, 0.3) is 0 Å². The fourth-order valence-electron chi connectivity index (χ4n) is 2.69. The van der Waals surface area contributed by atoms with Gasteiger partial charge in [-0.3, -0.25) is 4.79 Å². The lowest BCUT2D eigenvalue weighted by molar-refractivity contribution is -0.121. The third-order valence-corrected chi connectivity index (χ3v) is 4.11. The monoisotopic (exact) mass is 311 g/mol. The van der Waals surface area contributed by atoms with Crippen molar-refractivity contribution in [2.24, 2.45) is 0 Å². The van der Waals surface area contributed by atoms with Gasteiger partial charge >= 0.3 is 0 Å². The Morgan fingerprint density at radius 2 is 1.83 bits per heavy atom. The first kappa shape index (κ1) is 17.1. The third kappa shape index (κ3) is 4.85. The molecule has 2 aromatic rings.